The molecule has 142 valence electrons. The zero-order valence-corrected chi connectivity index (χ0v) is 15.3. The second-order valence-electron chi connectivity index (χ2n) is 8.07. The van der Waals surface area contributed by atoms with E-state index in [-0.39, 0.29) is 24.9 Å². The van der Waals surface area contributed by atoms with Gasteiger partial charge in [-0.05, 0) is 41.2 Å². The lowest BCUT2D eigenvalue weighted by atomic mass is 10.1. The van der Waals surface area contributed by atoms with E-state index < -0.39 is 23.2 Å². The van der Waals surface area contributed by atoms with Gasteiger partial charge in [-0.15, -0.1) is 0 Å². The minimum absolute atomic E-state index is 0.102. The molecule has 0 spiro atoms. The highest BCUT2D eigenvalue weighted by Gasteiger charge is 2.75. The summed E-state index contributed by atoms with van der Waals surface area (Å²) in [4.78, 5) is 12.4. The van der Waals surface area contributed by atoms with Crippen molar-refractivity contribution in [3.8, 4) is 11.5 Å². The Hall–Kier alpha value is -2.43. The molecule has 2 aromatic rings. The fourth-order valence-electron chi connectivity index (χ4n) is 4.07. The second kappa shape index (κ2) is 6.32. The van der Waals surface area contributed by atoms with Crippen LogP contribution in [0.25, 0.3) is 0 Å². The number of rotatable bonds is 6. The Kier molecular flexibility index (Phi) is 4.21. The fraction of sp³-hybridized carbons (Fsp3) is 0.409. The first-order valence-electron chi connectivity index (χ1n) is 9.15. The molecule has 27 heavy (non-hydrogen) atoms. The molecule has 1 unspecified atom stereocenters. The van der Waals surface area contributed by atoms with E-state index in [0.717, 1.165) is 11.3 Å². The van der Waals surface area contributed by atoms with Crippen LogP contribution in [0.15, 0.2) is 54.6 Å². The van der Waals surface area contributed by atoms with Crippen LogP contribution in [0.4, 0.5) is 8.78 Å². The molecule has 0 bridgehead atoms. The third-order valence-electron chi connectivity index (χ3n) is 5.73. The summed E-state index contributed by atoms with van der Waals surface area (Å²) in [5.41, 5.74) is 0.378. The molecule has 0 radical (unpaired) electrons. The summed E-state index contributed by atoms with van der Waals surface area (Å²) >= 11 is 0. The predicted molar refractivity (Wildman–Crippen MR) is 96.6 cm³/mol. The van der Waals surface area contributed by atoms with Gasteiger partial charge in [-0.25, -0.2) is 8.78 Å². The molecular formula is C22H22F2O3. The van der Waals surface area contributed by atoms with Crippen LogP contribution >= 0.6 is 0 Å². The maximum atomic E-state index is 13.4. The topological polar surface area (TPSA) is 35.5 Å². The van der Waals surface area contributed by atoms with Gasteiger partial charge in [0.05, 0.1) is 5.92 Å². The summed E-state index contributed by atoms with van der Waals surface area (Å²) in [7, 11) is 0. The first kappa shape index (κ1) is 18.0. The summed E-state index contributed by atoms with van der Waals surface area (Å²) in [5.74, 6) is -3.03. The molecule has 0 N–H and O–H groups in total. The van der Waals surface area contributed by atoms with Gasteiger partial charge in [-0.1, -0.05) is 44.2 Å². The molecule has 5 heteroatoms. The van der Waals surface area contributed by atoms with Crippen LogP contribution in [-0.4, -0.2) is 11.9 Å². The van der Waals surface area contributed by atoms with E-state index in [1.165, 1.54) is 0 Å². The Morgan fingerprint density at radius 3 is 2.41 bits per heavy atom. The molecule has 2 aromatic carbocycles. The van der Waals surface area contributed by atoms with E-state index in [9.17, 15) is 13.6 Å². The first-order chi connectivity index (χ1) is 12.8. The van der Waals surface area contributed by atoms with Crippen molar-refractivity contribution in [2.75, 3.05) is 0 Å². The summed E-state index contributed by atoms with van der Waals surface area (Å²) in [5, 5.41) is 0. The van der Waals surface area contributed by atoms with Crippen LogP contribution in [0.2, 0.25) is 0 Å². The zero-order chi connectivity index (χ0) is 19.2. The van der Waals surface area contributed by atoms with E-state index in [1.807, 2.05) is 68.4 Å². The van der Waals surface area contributed by atoms with Gasteiger partial charge in [0.15, 0.2) is 0 Å². The minimum atomic E-state index is -2.61. The third-order valence-corrected chi connectivity index (χ3v) is 5.73. The Bertz CT molecular complexity index is 848. The standard InChI is InChI=1S/C22H22F2O3/c1-21(2)18(17-12-22(17,23)24)19(21)20(25)26-13-14-7-6-10-16(11-14)27-15-8-4-3-5-9-15/h3-11,17-19H,12-13H2,1-2H3/t17?,18-,19+/m0/s1. The summed E-state index contributed by atoms with van der Waals surface area (Å²) in [6.07, 6.45) is -0.107. The number of ether oxygens (including phenoxy) is 2. The molecule has 3 atom stereocenters. The molecular weight excluding hydrogens is 350 g/mol. The molecule has 2 aliphatic carbocycles. The molecule has 3 nitrogen and oxygen atoms in total. The van der Waals surface area contributed by atoms with Crippen molar-refractivity contribution in [1.82, 2.24) is 0 Å². The van der Waals surface area contributed by atoms with Gasteiger partial charge in [-0.3, -0.25) is 4.79 Å². The lowest BCUT2D eigenvalue weighted by Crippen LogP contribution is -2.11. The quantitative estimate of drug-likeness (QED) is 0.633. The van der Waals surface area contributed by atoms with Gasteiger partial charge in [0.1, 0.15) is 18.1 Å². The molecule has 2 saturated carbocycles. The van der Waals surface area contributed by atoms with Gasteiger partial charge in [0, 0.05) is 12.3 Å². The molecule has 2 aliphatic rings. The second-order valence-corrected chi connectivity index (χ2v) is 8.07. The largest absolute Gasteiger partial charge is 0.461 e. The highest BCUT2D eigenvalue weighted by Crippen LogP contribution is 2.71. The van der Waals surface area contributed by atoms with Crippen molar-refractivity contribution in [2.24, 2.45) is 23.2 Å². The zero-order valence-electron chi connectivity index (χ0n) is 15.3. The van der Waals surface area contributed by atoms with Gasteiger partial charge < -0.3 is 9.47 Å². The average Bonchev–Trinajstić information content (AvgIpc) is 3.44. The van der Waals surface area contributed by atoms with Gasteiger partial charge in [-0.2, -0.15) is 0 Å². The molecule has 2 fully saturated rings. The number of carbonyl (C=O) groups is 1. The van der Waals surface area contributed by atoms with Crippen molar-refractivity contribution in [3.05, 3.63) is 60.2 Å². The molecule has 0 saturated heterocycles. The van der Waals surface area contributed by atoms with E-state index in [0.29, 0.717) is 5.75 Å². The smallest absolute Gasteiger partial charge is 0.310 e. The Balaban J connectivity index is 1.35. The van der Waals surface area contributed by atoms with Crippen LogP contribution in [0.5, 0.6) is 11.5 Å². The molecule has 0 amide bonds. The normalized spacial score (nSPS) is 26.9. The van der Waals surface area contributed by atoms with Crippen molar-refractivity contribution < 1.29 is 23.0 Å². The highest BCUT2D eigenvalue weighted by molar-refractivity contribution is 5.78. The van der Waals surface area contributed by atoms with Crippen LogP contribution in [0.1, 0.15) is 25.8 Å². The third kappa shape index (κ3) is 3.55. The van der Waals surface area contributed by atoms with Gasteiger partial charge >= 0.3 is 5.97 Å². The van der Waals surface area contributed by atoms with Crippen molar-refractivity contribution in [3.63, 3.8) is 0 Å². The van der Waals surface area contributed by atoms with Gasteiger partial charge in [0.25, 0.3) is 5.92 Å². The monoisotopic (exact) mass is 372 g/mol. The molecule has 0 heterocycles. The molecule has 4 rings (SSSR count). The van der Waals surface area contributed by atoms with Crippen molar-refractivity contribution >= 4 is 5.97 Å². The van der Waals surface area contributed by atoms with E-state index >= 15 is 0 Å². The van der Waals surface area contributed by atoms with Crippen molar-refractivity contribution in [2.45, 2.75) is 32.8 Å². The first-order valence-corrected chi connectivity index (χ1v) is 9.15. The SMILES string of the molecule is CC1(C)[C@@H](C(=O)OCc2cccc(Oc3ccccc3)c2)[C@@H]1C1CC1(F)F. The summed E-state index contributed by atoms with van der Waals surface area (Å²) in [6, 6.07) is 16.7. The van der Waals surface area contributed by atoms with Gasteiger partial charge in [0.2, 0.25) is 0 Å². The predicted octanol–water partition coefficient (Wildman–Crippen LogP) is 5.45. The number of esters is 1. The Morgan fingerprint density at radius 2 is 1.74 bits per heavy atom. The number of alkyl halides is 2. The number of halogens is 2. The lowest BCUT2D eigenvalue weighted by molar-refractivity contribution is -0.147. The minimum Gasteiger partial charge on any atom is -0.461 e. The number of para-hydroxylation sites is 1. The van der Waals surface area contributed by atoms with E-state index in [1.54, 1.807) is 0 Å². The Labute approximate surface area is 157 Å². The maximum absolute atomic E-state index is 13.4. The number of hydrogen-bond acceptors (Lipinski definition) is 3. The van der Waals surface area contributed by atoms with Crippen LogP contribution < -0.4 is 4.74 Å². The molecule has 0 aliphatic heterocycles. The van der Waals surface area contributed by atoms with Crippen LogP contribution in [0, 0.1) is 23.2 Å². The fourth-order valence-corrected chi connectivity index (χ4v) is 4.07. The average molecular weight is 372 g/mol. The van der Waals surface area contributed by atoms with Crippen LogP contribution in [-0.2, 0) is 16.1 Å². The summed E-state index contributed by atoms with van der Waals surface area (Å²) in [6.45, 7) is 3.84. The van der Waals surface area contributed by atoms with Crippen LogP contribution in [0.3, 0.4) is 0 Å². The van der Waals surface area contributed by atoms with E-state index in [2.05, 4.69) is 0 Å². The summed E-state index contributed by atoms with van der Waals surface area (Å²) < 4.78 is 38.0. The van der Waals surface area contributed by atoms with E-state index in [4.69, 9.17) is 9.47 Å². The number of hydrogen-bond donors (Lipinski definition) is 0. The lowest BCUT2D eigenvalue weighted by Gasteiger charge is -2.09. The number of carbonyl (C=O) groups excluding carboxylic acids is 1. The maximum Gasteiger partial charge on any atom is 0.310 e. The highest BCUT2D eigenvalue weighted by atomic mass is 19.3. The number of benzene rings is 2. The van der Waals surface area contributed by atoms with Crippen molar-refractivity contribution in [1.29, 1.82) is 0 Å². The Morgan fingerprint density at radius 1 is 1.07 bits per heavy atom. The molecule has 0 aromatic heterocycles.